The number of hydrogen-bond donors (Lipinski definition) is 4. The number of amides is 8. The molecule has 5 saturated carbocycles. The number of nitriles is 1. The van der Waals surface area contributed by atoms with E-state index in [1.54, 1.807) is 198 Å². The van der Waals surface area contributed by atoms with Crippen LogP contribution in [0.1, 0.15) is 86.5 Å². The maximum absolute atomic E-state index is 13.6. The van der Waals surface area contributed by atoms with Crippen LogP contribution in [0.4, 0.5) is 59.9 Å². The Morgan fingerprint density at radius 3 is 0.937 bits per heavy atom. The third-order valence-electron chi connectivity index (χ3n) is 24.9. The van der Waals surface area contributed by atoms with Gasteiger partial charge in [-0.2, -0.15) is 0 Å². The van der Waals surface area contributed by atoms with E-state index in [9.17, 15) is 33.9 Å². The quantitative estimate of drug-likeness (QED) is 0.0225. The molecule has 0 bridgehead atoms. The number of halogens is 9. The van der Waals surface area contributed by atoms with Crippen molar-refractivity contribution in [1.29, 1.82) is 10.7 Å². The normalized spacial score (nSPS) is 20.9. The van der Waals surface area contributed by atoms with Gasteiger partial charge in [-0.1, -0.05) is 226 Å². The number of ether oxygens (including phenoxy) is 5. The van der Waals surface area contributed by atoms with E-state index < -0.39 is 34.4 Å². The Kier molecular flexibility index (Phi) is 34.5. The number of aliphatic hydroxyl groups excluding tert-OH is 1. The zero-order valence-electron chi connectivity index (χ0n) is 76.1. The molecule has 142 heavy (non-hydrogen) atoms. The number of imide groups is 2. The molecule has 32 heteroatoms. The van der Waals surface area contributed by atoms with E-state index in [1.165, 1.54) is 20.3 Å². The van der Waals surface area contributed by atoms with Crippen LogP contribution in [0.15, 0.2) is 340 Å². The summed E-state index contributed by atoms with van der Waals surface area (Å²) in [6.07, 6.45) is 6.10. The fourth-order valence-corrected chi connectivity index (χ4v) is 18.5. The lowest BCUT2D eigenvalue weighted by molar-refractivity contribution is -0.135. The van der Waals surface area contributed by atoms with Gasteiger partial charge in [-0.25, -0.2) is 35.7 Å². The summed E-state index contributed by atoms with van der Waals surface area (Å²) in [7, 11) is 0. The topological polar surface area (TPSA) is 278 Å². The highest BCUT2D eigenvalue weighted by Gasteiger charge is 2.67. The Hall–Kier alpha value is -12.9. The van der Waals surface area contributed by atoms with Crippen LogP contribution in [0.5, 0.6) is 5.75 Å². The van der Waals surface area contributed by atoms with Crippen molar-refractivity contribution in [2.45, 2.75) is 143 Å². The second kappa shape index (κ2) is 47.4. The molecule has 23 nitrogen and oxygen atoms in total. The zero-order valence-corrected chi connectivity index (χ0v) is 82.9. The predicted molar refractivity (Wildman–Crippen MR) is 561 cm³/mol. The van der Waals surface area contributed by atoms with Crippen molar-refractivity contribution >= 4 is 191 Å². The van der Waals surface area contributed by atoms with Crippen LogP contribution in [-0.2, 0) is 59.8 Å². The molecule has 0 aromatic heterocycles. The van der Waals surface area contributed by atoms with Crippen LogP contribution < -0.4 is 45.2 Å². The highest BCUT2D eigenvalue weighted by Crippen LogP contribution is 2.53. The molecule has 0 unspecified atom stereocenters. The van der Waals surface area contributed by atoms with Gasteiger partial charge >= 0.3 is 23.8 Å². The number of urea groups is 3. The fraction of sp³-hybridized carbons (Fsp3) is 0.209. The molecule has 724 valence electrons. The van der Waals surface area contributed by atoms with E-state index >= 15 is 0 Å². The third kappa shape index (κ3) is 25.1. The Bertz CT molecular complexity index is 6400. The van der Waals surface area contributed by atoms with Crippen molar-refractivity contribution in [3.05, 3.63) is 419 Å². The highest BCUT2D eigenvalue weighted by atomic mass is 35.5. The minimum atomic E-state index is -1.05. The van der Waals surface area contributed by atoms with Crippen molar-refractivity contribution < 1.29 is 57.6 Å². The highest BCUT2D eigenvalue weighted by molar-refractivity contribution is 6.37. The molecule has 3 saturated heterocycles. The molecule has 21 rings (SSSR count). The van der Waals surface area contributed by atoms with Gasteiger partial charge in [0, 0.05) is 125 Å². The number of hydrogen-bond acceptors (Lipinski definition) is 16. The van der Waals surface area contributed by atoms with E-state index in [4.69, 9.17) is 146 Å². The second-order valence-corrected chi connectivity index (χ2v) is 38.6. The first kappa shape index (κ1) is 103. The van der Waals surface area contributed by atoms with E-state index in [0.29, 0.717) is 164 Å². The van der Waals surface area contributed by atoms with Gasteiger partial charge < -0.3 is 39.8 Å². The number of benzene rings is 13. The Balaban J connectivity index is 0.000000130. The first-order valence-corrected chi connectivity index (χ1v) is 48.6. The second-order valence-electron chi connectivity index (χ2n) is 34.7. The average Bonchev–Trinajstić information content (AvgIpc) is 1.55. The number of nitrogens with zero attached hydrogens (tertiary/aromatic N) is 8. The first-order valence-electron chi connectivity index (χ1n) is 45.2. The molecule has 13 aromatic rings. The average molecular weight is 2080 g/mol. The summed E-state index contributed by atoms with van der Waals surface area (Å²) in [5.41, 5.74) is 11.7. The van der Waals surface area contributed by atoms with E-state index in [-0.39, 0.29) is 67.0 Å². The molecule has 13 aromatic carbocycles. The largest absolute Gasteiger partial charge is 0.399 e. The summed E-state index contributed by atoms with van der Waals surface area (Å²) >= 11 is 53.0. The summed E-state index contributed by atoms with van der Waals surface area (Å²) in [5.74, 6) is 0.490. The van der Waals surface area contributed by atoms with E-state index in [1.807, 2.05) is 158 Å². The number of nitrogens with one attached hydrogen (secondary N) is 2. The molecule has 3 spiro atoms. The monoisotopic (exact) mass is 2080 g/mol. The van der Waals surface area contributed by atoms with Gasteiger partial charge in [-0.3, -0.25) is 39.3 Å². The molecular formula is C110H94Cl9N11O12. The standard InChI is InChI=1S/C25H21Cl2N3O2.C25H20Cl2N2O3.C18H14Cl2N2O3.C18H17ClN2O.C11H12O2.C7H4ClNO.C6H6ClN/c26-18-6-10-20(11-7-18)29-23(28)25(30(24(29)31)21-12-8-19(27)9-13-21)14-22(15-25)32-16-17-4-2-1-3-5-17;26-18-6-10-20(11-7-18)28-23(30)25(29(24(28)31)21-12-8-19(27)9-13-21)14-22(15-25)32-16-17-4-2-1-3-5-17;19-11-1-5-13(6-2-11)21-16(24)18(9-15(23)10-18)22(17(21)25)14-7-3-12(20)4-8-14;1-20-18(21-16-9-7-15(19)8-10-16)11-17(12-18)22-13-14-5-3-2-4-6-14;12-10-6-11(7-10)13-8-9-4-2-1-3-5-9;8-6-1-3-7(4-2-6)10-5-9;7-5-1-3-6(8)4-2-5/h1-13,22,28H,14-16H2;1-13,22H,14-16H2;1-8,15,23H,9-10H2;2-10,17,21H,11-13H2;1-5,11H,6-8H2;1-4H;1-4H,8H2. The number of carbonyl (C=O) groups is 6. The number of aliphatic hydroxyl groups is 1. The van der Waals surface area contributed by atoms with E-state index in [0.717, 1.165) is 38.0 Å². The van der Waals surface area contributed by atoms with Gasteiger partial charge in [0.1, 0.15) is 34.0 Å². The van der Waals surface area contributed by atoms with Gasteiger partial charge in [0.25, 0.3) is 18.1 Å². The van der Waals surface area contributed by atoms with Gasteiger partial charge in [-0.05, 0) is 241 Å². The minimum absolute atomic E-state index is 0.0386. The number of nitrogens with two attached hydrogens (primary N) is 1. The summed E-state index contributed by atoms with van der Waals surface area (Å²) in [5, 5.41) is 35.6. The van der Waals surface area contributed by atoms with Crippen LogP contribution in [0.25, 0.3) is 4.85 Å². The van der Waals surface area contributed by atoms with Gasteiger partial charge in [0.05, 0.1) is 86.9 Å². The summed E-state index contributed by atoms with van der Waals surface area (Å²) in [6.45, 7) is 9.66. The van der Waals surface area contributed by atoms with Gasteiger partial charge in [0.2, 0.25) is 0 Å². The van der Waals surface area contributed by atoms with Crippen LogP contribution >= 0.6 is 104 Å². The van der Waals surface area contributed by atoms with Crippen LogP contribution in [0, 0.1) is 23.5 Å². The van der Waals surface area contributed by atoms with Gasteiger partial charge in [0.15, 0.2) is 0 Å². The maximum atomic E-state index is 13.6. The molecule has 3 aliphatic heterocycles. The van der Waals surface area contributed by atoms with E-state index in [2.05, 4.69) is 14.9 Å². The summed E-state index contributed by atoms with van der Waals surface area (Å²) in [4.78, 5) is 89.9. The maximum Gasteiger partial charge on any atom is 0.336 e. The van der Waals surface area contributed by atoms with Crippen molar-refractivity contribution in [1.82, 2.24) is 0 Å². The number of ketones is 1. The van der Waals surface area contributed by atoms with Crippen molar-refractivity contribution in [2.24, 2.45) is 0 Å². The lowest BCUT2D eigenvalue weighted by Gasteiger charge is -2.48. The van der Waals surface area contributed by atoms with Crippen molar-refractivity contribution in [2.75, 3.05) is 40.4 Å². The van der Waals surface area contributed by atoms with Crippen LogP contribution in [0.2, 0.25) is 45.2 Å². The first-order chi connectivity index (χ1) is 68.5. The number of rotatable bonds is 21. The molecule has 8 amide bonds. The van der Waals surface area contributed by atoms with Crippen molar-refractivity contribution in [3.8, 4) is 12.0 Å². The number of carbonyl (C=O) groups excluding carboxylic acids is 6. The molecule has 0 radical (unpaired) electrons. The molecule has 3 heterocycles. The van der Waals surface area contributed by atoms with Crippen molar-refractivity contribution in [3.63, 3.8) is 0 Å². The Morgan fingerprint density at radius 1 is 0.359 bits per heavy atom. The Labute approximate surface area is 867 Å². The minimum Gasteiger partial charge on any atom is -0.399 e. The third-order valence-corrected chi connectivity index (χ3v) is 27.1. The zero-order chi connectivity index (χ0) is 100. The van der Waals surface area contributed by atoms with Crippen LogP contribution in [-0.4, -0.2) is 99.4 Å². The number of amidine groups is 1. The summed E-state index contributed by atoms with van der Waals surface area (Å²) < 4.78 is 28.0. The molecule has 5 N–H and O–H groups in total. The molecular weight excluding hydrogens is 1990 g/mol. The molecule has 5 aliphatic carbocycles. The molecule has 8 aliphatic rings. The summed E-state index contributed by atoms with van der Waals surface area (Å²) in [6, 6.07) is 101. The number of anilines is 8. The smallest absolute Gasteiger partial charge is 0.336 e. The molecule has 8 fully saturated rings. The molecule has 0 atom stereocenters. The predicted octanol–water partition coefficient (Wildman–Crippen LogP) is 27.3. The Morgan fingerprint density at radius 2 is 0.627 bits per heavy atom. The SMILES string of the molecule is N#COc1ccc(Cl)cc1.N=C1N(c2ccc(Cl)cc2)C(=O)N(c2ccc(Cl)cc2)C12CC(OCc1ccccc1)C2.Nc1ccc(Cl)cc1.O=C1CC(OCc2ccccc2)C1.O=C1N(c2ccc(Cl)cc2)C(=O)C2(CC(O)C2)N1c1ccc(Cl)cc1.O=C1N(c2ccc(Cl)cc2)C(=O)C2(CC(OCc3ccccc3)C2)N1c1ccc(Cl)cc1.[C-]#[N+]C1(Nc2ccc(Cl)cc2)CC(OCc2ccccc2)C1. The number of Topliss-reactive ketones (excluding diaryl/α,β-unsaturated/α-hetero) is 1. The lowest BCUT2D eigenvalue weighted by atomic mass is 9.72. The lowest BCUT2D eigenvalue weighted by Crippen LogP contribution is -2.61. The number of nitrogen functional groups attached to an aromatic ring is 1. The fourth-order valence-electron chi connectivity index (χ4n) is 17.4. The van der Waals surface area contributed by atoms with Crippen LogP contribution in [0.3, 0.4) is 0 Å². The van der Waals surface area contributed by atoms with Gasteiger partial charge in [-0.15, -0.1) is 5.26 Å².